The average molecular weight is 321 g/mol. The Kier molecular flexibility index (Phi) is 5.65. The number of carbonyl (C=O) groups excluding carboxylic acids is 1. The third-order valence-corrected chi connectivity index (χ3v) is 4.25. The first-order chi connectivity index (χ1) is 9.15. The summed E-state index contributed by atoms with van der Waals surface area (Å²) < 4.78 is 24.2. The summed E-state index contributed by atoms with van der Waals surface area (Å²) in [5.41, 5.74) is 0.308. The van der Waals surface area contributed by atoms with Crippen LogP contribution in [-0.4, -0.2) is 24.9 Å². The zero-order valence-electron chi connectivity index (χ0n) is 12.2. The first-order valence-corrected chi connectivity index (χ1v) is 8.91. The number of carbonyl (C=O) groups is 1. The Balaban J connectivity index is 2.95. The van der Waals surface area contributed by atoms with Gasteiger partial charge in [-0.25, -0.2) is 8.42 Å². The Morgan fingerprint density at radius 3 is 2.45 bits per heavy atom. The van der Waals surface area contributed by atoms with Crippen LogP contribution in [0.25, 0.3) is 0 Å². The van der Waals surface area contributed by atoms with Gasteiger partial charge in [0.15, 0.2) is 0 Å². The topological polar surface area (TPSA) is 68.2 Å². The second-order valence-corrected chi connectivity index (χ2v) is 7.85. The standard InChI is InChI=1S/C13H21ClN2O3S/c1-5-16-8-11(20(14,18)19)7-12(16)13(17)15-10(4)6-9(2)3/h7-10H,5-6H2,1-4H3,(H,15,17). The minimum absolute atomic E-state index is 0.0266. The molecule has 1 unspecified atom stereocenters. The molecule has 0 aliphatic carbocycles. The van der Waals surface area contributed by atoms with Crippen LogP contribution in [-0.2, 0) is 15.6 Å². The van der Waals surface area contributed by atoms with Gasteiger partial charge in [0.2, 0.25) is 0 Å². The number of halogens is 1. The highest BCUT2D eigenvalue weighted by molar-refractivity contribution is 8.13. The second-order valence-electron chi connectivity index (χ2n) is 5.29. The van der Waals surface area contributed by atoms with Gasteiger partial charge in [0.1, 0.15) is 10.6 Å². The molecule has 114 valence electrons. The average Bonchev–Trinajstić information content (AvgIpc) is 2.70. The van der Waals surface area contributed by atoms with Crippen molar-refractivity contribution in [2.24, 2.45) is 5.92 Å². The molecule has 0 aliphatic heterocycles. The van der Waals surface area contributed by atoms with Crippen LogP contribution < -0.4 is 5.32 Å². The largest absolute Gasteiger partial charge is 0.348 e. The van der Waals surface area contributed by atoms with E-state index in [0.717, 1.165) is 6.42 Å². The third kappa shape index (κ3) is 4.52. The van der Waals surface area contributed by atoms with Gasteiger partial charge in [0.25, 0.3) is 15.0 Å². The minimum Gasteiger partial charge on any atom is -0.348 e. The Morgan fingerprint density at radius 2 is 2.00 bits per heavy atom. The van der Waals surface area contributed by atoms with Gasteiger partial charge < -0.3 is 9.88 Å². The van der Waals surface area contributed by atoms with Crippen LogP contribution >= 0.6 is 10.7 Å². The van der Waals surface area contributed by atoms with E-state index in [0.29, 0.717) is 18.2 Å². The van der Waals surface area contributed by atoms with E-state index in [1.807, 2.05) is 13.8 Å². The summed E-state index contributed by atoms with van der Waals surface area (Å²) in [6.07, 6.45) is 2.24. The van der Waals surface area contributed by atoms with Crippen molar-refractivity contribution in [2.75, 3.05) is 0 Å². The van der Waals surface area contributed by atoms with Crippen molar-refractivity contribution in [1.29, 1.82) is 0 Å². The van der Waals surface area contributed by atoms with Gasteiger partial charge in [-0.1, -0.05) is 13.8 Å². The fourth-order valence-corrected chi connectivity index (χ4v) is 2.89. The minimum atomic E-state index is -3.82. The number of aromatic nitrogens is 1. The summed E-state index contributed by atoms with van der Waals surface area (Å²) in [5, 5.41) is 2.87. The monoisotopic (exact) mass is 320 g/mol. The number of hydrogen-bond acceptors (Lipinski definition) is 3. The van der Waals surface area contributed by atoms with E-state index in [4.69, 9.17) is 10.7 Å². The maximum atomic E-state index is 12.2. The maximum absolute atomic E-state index is 12.2. The van der Waals surface area contributed by atoms with E-state index in [-0.39, 0.29) is 16.8 Å². The number of amides is 1. The number of hydrogen-bond donors (Lipinski definition) is 1. The van der Waals surface area contributed by atoms with Crippen LogP contribution in [0, 0.1) is 5.92 Å². The fourth-order valence-electron chi connectivity index (χ4n) is 2.13. The van der Waals surface area contributed by atoms with Crippen molar-refractivity contribution in [3.05, 3.63) is 18.0 Å². The summed E-state index contributed by atoms with van der Waals surface area (Å²) in [7, 11) is 1.48. The van der Waals surface area contributed by atoms with Crippen LogP contribution in [0.5, 0.6) is 0 Å². The Labute approximate surface area is 124 Å². The lowest BCUT2D eigenvalue weighted by atomic mass is 10.1. The molecule has 1 aromatic rings. The molecule has 0 radical (unpaired) electrons. The smallest absolute Gasteiger partial charge is 0.268 e. The summed E-state index contributed by atoms with van der Waals surface area (Å²) in [6.45, 7) is 8.41. The van der Waals surface area contributed by atoms with Crippen molar-refractivity contribution >= 4 is 25.6 Å². The molecule has 0 aliphatic rings. The number of rotatable bonds is 6. The van der Waals surface area contributed by atoms with E-state index in [1.165, 1.54) is 12.3 Å². The van der Waals surface area contributed by atoms with Gasteiger partial charge in [-0.15, -0.1) is 0 Å². The lowest BCUT2D eigenvalue weighted by Crippen LogP contribution is -2.34. The predicted molar refractivity (Wildman–Crippen MR) is 79.5 cm³/mol. The van der Waals surface area contributed by atoms with Crippen LogP contribution in [0.15, 0.2) is 17.2 Å². The first kappa shape index (κ1) is 17.0. The predicted octanol–water partition coefficient (Wildman–Crippen LogP) is 2.60. The van der Waals surface area contributed by atoms with Gasteiger partial charge >= 0.3 is 0 Å². The van der Waals surface area contributed by atoms with E-state index >= 15 is 0 Å². The highest BCUT2D eigenvalue weighted by Crippen LogP contribution is 2.19. The molecule has 5 nitrogen and oxygen atoms in total. The number of nitrogens with zero attached hydrogens (tertiary/aromatic N) is 1. The molecule has 0 aromatic carbocycles. The van der Waals surface area contributed by atoms with Gasteiger partial charge in [0.05, 0.1) is 0 Å². The molecule has 1 atom stereocenters. The fraction of sp³-hybridized carbons (Fsp3) is 0.615. The molecule has 20 heavy (non-hydrogen) atoms. The highest BCUT2D eigenvalue weighted by atomic mass is 35.7. The SMILES string of the molecule is CCn1cc(S(=O)(=O)Cl)cc1C(=O)NC(C)CC(C)C. The zero-order chi connectivity index (χ0) is 15.5. The molecule has 7 heteroatoms. The lowest BCUT2D eigenvalue weighted by molar-refractivity contribution is 0.0927. The Hall–Kier alpha value is -1.01. The van der Waals surface area contributed by atoms with E-state index in [1.54, 1.807) is 4.57 Å². The van der Waals surface area contributed by atoms with Gasteiger partial charge in [-0.2, -0.15) is 0 Å². The third-order valence-electron chi connectivity index (χ3n) is 2.93. The molecule has 1 amide bonds. The van der Waals surface area contributed by atoms with Crippen molar-refractivity contribution in [1.82, 2.24) is 9.88 Å². The molecule has 0 bridgehead atoms. The zero-order valence-corrected chi connectivity index (χ0v) is 13.8. The molecular weight excluding hydrogens is 300 g/mol. The molecule has 1 N–H and O–H groups in total. The van der Waals surface area contributed by atoms with Crippen molar-refractivity contribution in [3.63, 3.8) is 0 Å². The van der Waals surface area contributed by atoms with Crippen LogP contribution in [0.3, 0.4) is 0 Å². The van der Waals surface area contributed by atoms with Gasteiger partial charge in [0, 0.05) is 29.5 Å². The van der Waals surface area contributed by atoms with Crippen LogP contribution in [0.2, 0.25) is 0 Å². The highest BCUT2D eigenvalue weighted by Gasteiger charge is 2.20. The van der Waals surface area contributed by atoms with Crippen molar-refractivity contribution in [2.45, 2.75) is 51.6 Å². The van der Waals surface area contributed by atoms with Crippen LogP contribution in [0.4, 0.5) is 0 Å². The molecule has 0 spiro atoms. The number of nitrogens with one attached hydrogen (secondary N) is 1. The summed E-state index contributed by atoms with van der Waals surface area (Å²) in [4.78, 5) is 12.1. The Morgan fingerprint density at radius 1 is 1.40 bits per heavy atom. The van der Waals surface area contributed by atoms with Crippen molar-refractivity contribution in [3.8, 4) is 0 Å². The molecule has 1 aromatic heterocycles. The molecule has 1 heterocycles. The lowest BCUT2D eigenvalue weighted by Gasteiger charge is -2.16. The van der Waals surface area contributed by atoms with E-state index in [2.05, 4.69) is 19.2 Å². The second kappa shape index (κ2) is 6.63. The van der Waals surface area contributed by atoms with Gasteiger partial charge in [-0.05, 0) is 32.3 Å². The maximum Gasteiger partial charge on any atom is 0.268 e. The molecule has 0 fully saturated rings. The normalized spacial score (nSPS) is 13.5. The molecule has 0 saturated heterocycles. The molecule has 0 saturated carbocycles. The summed E-state index contributed by atoms with van der Waals surface area (Å²) >= 11 is 0. The summed E-state index contributed by atoms with van der Waals surface area (Å²) in [5.74, 6) is 0.189. The van der Waals surface area contributed by atoms with E-state index < -0.39 is 9.05 Å². The summed E-state index contributed by atoms with van der Waals surface area (Å²) in [6, 6.07) is 1.34. The van der Waals surface area contributed by atoms with E-state index in [9.17, 15) is 13.2 Å². The van der Waals surface area contributed by atoms with Gasteiger partial charge in [-0.3, -0.25) is 4.79 Å². The van der Waals surface area contributed by atoms with Crippen molar-refractivity contribution < 1.29 is 13.2 Å². The van der Waals surface area contributed by atoms with Crippen LogP contribution in [0.1, 0.15) is 44.6 Å². The first-order valence-electron chi connectivity index (χ1n) is 6.60. The number of aryl methyl sites for hydroxylation is 1. The molecular formula is C13H21ClN2O3S. The molecule has 1 rings (SSSR count). The quantitative estimate of drug-likeness (QED) is 0.819. The Bertz CT molecular complexity index is 578.